The highest BCUT2D eigenvalue weighted by molar-refractivity contribution is 9.10. The van der Waals surface area contributed by atoms with Gasteiger partial charge in [-0.1, -0.05) is 28.1 Å². The van der Waals surface area contributed by atoms with E-state index in [9.17, 15) is 9.00 Å². The zero-order chi connectivity index (χ0) is 13.9. The molecule has 1 fully saturated rings. The molecule has 1 aromatic rings. The molecular formula is C14H17BrO3S. The van der Waals surface area contributed by atoms with Gasteiger partial charge < -0.3 is 4.74 Å². The first kappa shape index (κ1) is 14.7. The van der Waals surface area contributed by atoms with Crippen LogP contribution in [0.1, 0.15) is 24.8 Å². The standard InChI is InChI=1S/C14H17BrO3S/c1-18-13(16)8-14(6-7-14)10-19(17)9-11-2-4-12(15)5-3-11/h2-5H,6-10H2,1H3. The zero-order valence-corrected chi connectivity index (χ0v) is 13.3. The number of hydrogen-bond acceptors (Lipinski definition) is 3. The van der Waals surface area contributed by atoms with Crippen LogP contribution >= 0.6 is 15.9 Å². The molecule has 0 saturated heterocycles. The summed E-state index contributed by atoms with van der Waals surface area (Å²) >= 11 is 3.38. The van der Waals surface area contributed by atoms with E-state index >= 15 is 0 Å². The molecular weight excluding hydrogens is 328 g/mol. The summed E-state index contributed by atoms with van der Waals surface area (Å²) in [5.74, 6) is 0.951. The van der Waals surface area contributed by atoms with E-state index in [1.165, 1.54) is 7.11 Å². The van der Waals surface area contributed by atoms with Crippen LogP contribution in [0.3, 0.4) is 0 Å². The average Bonchev–Trinajstić information content (AvgIpc) is 3.11. The maximum atomic E-state index is 12.2. The summed E-state index contributed by atoms with van der Waals surface area (Å²) in [5, 5.41) is 0. The molecule has 1 atom stereocenters. The van der Waals surface area contributed by atoms with Crippen LogP contribution in [-0.2, 0) is 26.1 Å². The molecule has 1 saturated carbocycles. The summed E-state index contributed by atoms with van der Waals surface area (Å²) in [7, 11) is 0.474. The third-order valence-electron chi connectivity index (χ3n) is 3.41. The first-order valence-electron chi connectivity index (χ1n) is 6.19. The highest BCUT2D eigenvalue weighted by Gasteiger charge is 2.45. The summed E-state index contributed by atoms with van der Waals surface area (Å²) in [6, 6.07) is 7.85. The molecule has 0 amide bonds. The maximum absolute atomic E-state index is 12.2. The van der Waals surface area contributed by atoms with Crippen LogP contribution in [0.2, 0.25) is 0 Å². The third-order valence-corrected chi connectivity index (χ3v) is 5.53. The number of methoxy groups -OCH3 is 1. The van der Waals surface area contributed by atoms with Crippen LogP contribution < -0.4 is 0 Å². The van der Waals surface area contributed by atoms with Crippen molar-refractivity contribution in [2.75, 3.05) is 12.9 Å². The van der Waals surface area contributed by atoms with Crippen LogP contribution in [0.25, 0.3) is 0 Å². The van der Waals surface area contributed by atoms with Crippen molar-refractivity contribution < 1.29 is 13.7 Å². The molecule has 0 aromatic heterocycles. The predicted octanol–water partition coefficient (Wildman–Crippen LogP) is 3.04. The number of halogens is 1. The predicted molar refractivity (Wildman–Crippen MR) is 79.2 cm³/mol. The minimum Gasteiger partial charge on any atom is -0.469 e. The van der Waals surface area contributed by atoms with Crippen molar-refractivity contribution in [3.8, 4) is 0 Å². The van der Waals surface area contributed by atoms with E-state index in [1.54, 1.807) is 0 Å². The molecule has 0 heterocycles. The lowest BCUT2D eigenvalue weighted by Crippen LogP contribution is -2.18. The van der Waals surface area contributed by atoms with Gasteiger partial charge >= 0.3 is 5.97 Å². The molecule has 1 aromatic carbocycles. The Hall–Kier alpha value is -0.680. The Morgan fingerprint density at radius 1 is 1.37 bits per heavy atom. The number of benzene rings is 1. The van der Waals surface area contributed by atoms with Crippen molar-refractivity contribution >= 4 is 32.7 Å². The molecule has 0 N–H and O–H groups in total. The molecule has 19 heavy (non-hydrogen) atoms. The molecule has 1 aliphatic carbocycles. The van der Waals surface area contributed by atoms with E-state index in [-0.39, 0.29) is 11.4 Å². The van der Waals surface area contributed by atoms with E-state index in [1.807, 2.05) is 24.3 Å². The van der Waals surface area contributed by atoms with Gasteiger partial charge in [0.1, 0.15) is 0 Å². The van der Waals surface area contributed by atoms with Crippen molar-refractivity contribution in [1.29, 1.82) is 0 Å². The van der Waals surface area contributed by atoms with Gasteiger partial charge in [-0.3, -0.25) is 9.00 Å². The first-order chi connectivity index (χ1) is 9.03. The lowest BCUT2D eigenvalue weighted by atomic mass is 10.1. The second-order valence-corrected chi connectivity index (χ2v) is 7.48. The van der Waals surface area contributed by atoms with E-state index in [4.69, 9.17) is 4.74 Å². The van der Waals surface area contributed by atoms with Crippen LogP contribution in [0.15, 0.2) is 28.7 Å². The molecule has 0 bridgehead atoms. The number of hydrogen-bond donors (Lipinski definition) is 0. The molecule has 1 unspecified atom stereocenters. The fourth-order valence-electron chi connectivity index (χ4n) is 2.09. The number of esters is 1. The Balaban J connectivity index is 1.87. The molecule has 2 rings (SSSR count). The summed E-state index contributed by atoms with van der Waals surface area (Å²) in [4.78, 5) is 11.3. The van der Waals surface area contributed by atoms with Gasteiger partial charge in [0.2, 0.25) is 0 Å². The molecule has 0 spiro atoms. The fourth-order valence-corrected chi connectivity index (χ4v) is 4.09. The number of rotatable bonds is 6. The Morgan fingerprint density at radius 3 is 2.53 bits per heavy atom. The van der Waals surface area contributed by atoms with Gasteiger partial charge in [-0.05, 0) is 36.0 Å². The summed E-state index contributed by atoms with van der Waals surface area (Å²) in [6.07, 6.45) is 2.36. The largest absolute Gasteiger partial charge is 0.469 e. The Labute approximate surface area is 124 Å². The topological polar surface area (TPSA) is 43.4 Å². The first-order valence-corrected chi connectivity index (χ1v) is 8.47. The normalized spacial score (nSPS) is 17.8. The minimum atomic E-state index is -0.926. The van der Waals surface area contributed by atoms with E-state index in [0.717, 1.165) is 22.9 Å². The fraction of sp³-hybridized carbons (Fsp3) is 0.500. The maximum Gasteiger partial charge on any atom is 0.306 e. The Bertz CT molecular complexity index is 480. The number of carbonyl (C=O) groups is 1. The van der Waals surface area contributed by atoms with E-state index in [2.05, 4.69) is 15.9 Å². The van der Waals surface area contributed by atoms with Crippen LogP contribution in [0.5, 0.6) is 0 Å². The van der Waals surface area contributed by atoms with Gasteiger partial charge in [-0.15, -0.1) is 0 Å². The van der Waals surface area contributed by atoms with Crippen LogP contribution in [0.4, 0.5) is 0 Å². The second-order valence-electron chi connectivity index (χ2n) is 5.11. The Kier molecular flexibility index (Phi) is 4.79. The smallest absolute Gasteiger partial charge is 0.306 e. The monoisotopic (exact) mass is 344 g/mol. The third kappa shape index (κ3) is 4.42. The SMILES string of the molecule is COC(=O)CC1(CS(=O)Cc2ccc(Br)cc2)CC1. The van der Waals surface area contributed by atoms with Gasteiger partial charge in [0, 0.05) is 26.8 Å². The quantitative estimate of drug-likeness (QED) is 0.745. The second kappa shape index (κ2) is 6.18. The molecule has 3 nitrogen and oxygen atoms in total. The summed E-state index contributed by atoms with van der Waals surface area (Å²) < 4.78 is 17.9. The highest BCUT2D eigenvalue weighted by atomic mass is 79.9. The van der Waals surface area contributed by atoms with Crippen molar-refractivity contribution in [3.05, 3.63) is 34.3 Å². The van der Waals surface area contributed by atoms with Gasteiger partial charge in [0.25, 0.3) is 0 Å². The zero-order valence-electron chi connectivity index (χ0n) is 10.9. The number of carbonyl (C=O) groups excluding carboxylic acids is 1. The molecule has 5 heteroatoms. The summed E-state index contributed by atoms with van der Waals surface area (Å²) in [5.41, 5.74) is 1.00. The van der Waals surface area contributed by atoms with Gasteiger partial charge in [0.05, 0.1) is 13.5 Å². The molecule has 1 aliphatic rings. The lowest BCUT2D eigenvalue weighted by molar-refractivity contribution is -0.141. The highest BCUT2D eigenvalue weighted by Crippen LogP contribution is 2.49. The van der Waals surface area contributed by atoms with Crippen LogP contribution in [0, 0.1) is 5.41 Å². The summed E-state index contributed by atoms with van der Waals surface area (Å²) in [6.45, 7) is 0. The van der Waals surface area contributed by atoms with Crippen molar-refractivity contribution in [1.82, 2.24) is 0 Å². The van der Waals surface area contributed by atoms with Gasteiger partial charge in [-0.2, -0.15) is 0 Å². The van der Waals surface area contributed by atoms with E-state index in [0.29, 0.717) is 17.9 Å². The van der Waals surface area contributed by atoms with Crippen molar-refractivity contribution in [3.63, 3.8) is 0 Å². The lowest BCUT2D eigenvalue weighted by Gasteiger charge is -2.13. The molecule has 104 valence electrons. The van der Waals surface area contributed by atoms with E-state index < -0.39 is 10.8 Å². The average molecular weight is 345 g/mol. The Morgan fingerprint density at radius 2 is 2.00 bits per heavy atom. The van der Waals surface area contributed by atoms with Gasteiger partial charge in [-0.25, -0.2) is 0 Å². The van der Waals surface area contributed by atoms with Crippen molar-refractivity contribution in [2.45, 2.75) is 25.0 Å². The minimum absolute atomic E-state index is 0.0622. The van der Waals surface area contributed by atoms with Gasteiger partial charge in [0.15, 0.2) is 0 Å². The molecule has 0 radical (unpaired) electrons. The van der Waals surface area contributed by atoms with Crippen molar-refractivity contribution in [2.24, 2.45) is 5.41 Å². The molecule has 0 aliphatic heterocycles. The van der Waals surface area contributed by atoms with Crippen LogP contribution in [-0.4, -0.2) is 23.0 Å². The number of ether oxygens (including phenoxy) is 1.